The van der Waals surface area contributed by atoms with Crippen LogP contribution in [-0.4, -0.2) is 22.0 Å². The fourth-order valence-corrected chi connectivity index (χ4v) is 6.48. The van der Waals surface area contributed by atoms with Crippen LogP contribution in [0, 0.1) is 12.8 Å². The Labute approximate surface area is 181 Å². The van der Waals surface area contributed by atoms with E-state index in [-0.39, 0.29) is 22.6 Å². The normalized spacial score (nSPS) is 23.1. The second kappa shape index (κ2) is 7.41. The van der Waals surface area contributed by atoms with Gasteiger partial charge in [0.2, 0.25) is 11.8 Å². The molecule has 2 aliphatic rings. The maximum absolute atomic E-state index is 13.4. The summed E-state index contributed by atoms with van der Waals surface area (Å²) in [6.45, 7) is 1.96. The third kappa shape index (κ3) is 3.14. The van der Waals surface area contributed by atoms with Crippen molar-refractivity contribution in [1.82, 2.24) is 4.98 Å². The monoisotopic (exact) mass is 434 g/mol. The summed E-state index contributed by atoms with van der Waals surface area (Å²) in [5.74, 6) is -1.31. The summed E-state index contributed by atoms with van der Waals surface area (Å²) in [5, 5.41) is 0.142. The fourth-order valence-electron chi connectivity index (χ4n) is 3.99. The molecule has 7 heteroatoms. The van der Waals surface area contributed by atoms with Crippen molar-refractivity contribution in [2.75, 3.05) is 4.90 Å². The average Bonchev–Trinajstić information content (AvgIpc) is 3.24. The second-order valence-corrected chi connectivity index (χ2v) is 9.58. The highest BCUT2D eigenvalue weighted by Gasteiger charge is 2.55. The number of carbonyl (C=O) groups is 2. The van der Waals surface area contributed by atoms with Crippen LogP contribution in [0.1, 0.15) is 21.9 Å². The number of rotatable bonds is 3. The van der Waals surface area contributed by atoms with E-state index in [1.807, 2.05) is 61.5 Å². The lowest BCUT2D eigenvalue weighted by Gasteiger charge is -2.27. The minimum absolute atomic E-state index is 0.166. The number of H-pyrrole nitrogens is 1. The molecule has 150 valence electrons. The number of thioether (sulfide) groups is 1. The lowest BCUT2D eigenvalue weighted by atomic mass is 9.88. The Morgan fingerprint density at radius 2 is 1.70 bits per heavy atom. The van der Waals surface area contributed by atoms with E-state index in [9.17, 15) is 14.4 Å². The Hall–Kier alpha value is -2.90. The molecule has 0 spiro atoms. The molecule has 3 atom stereocenters. The molecule has 0 unspecified atom stereocenters. The summed E-state index contributed by atoms with van der Waals surface area (Å²) in [7, 11) is 0. The van der Waals surface area contributed by atoms with Gasteiger partial charge in [-0.2, -0.15) is 0 Å². The topological polar surface area (TPSA) is 70.2 Å². The van der Waals surface area contributed by atoms with Crippen LogP contribution < -0.4 is 9.77 Å². The summed E-state index contributed by atoms with van der Waals surface area (Å²) in [6.07, 6.45) is 3.91. The van der Waals surface area contributed by atoms with Gasteiger partial charge in [-0.15, -0.1) is 0 Å². The Kier molecular flexibility index (Phi) is 4.72. The number of benzene rings is 2. The van der Waals surface area contributed by atoms with Gasteiger partial charge in [0, 0.05) is 10.8 Å². The van der Waals surface area contributed by atoms with Crippen LogP contribution in [0.5, 0.6) is 0 Å². The number of nitrogens with zero attached hydrogens (tertiary/aromatic N) is 1. The van der Waals surface area contributed by atoms with E-state index in [0.717, 1.165) is 27.3 Å². The molecule has 3 heterocycles. The van der Waals surface area contributed by atoms with Crippen LogP contribution in [0.15, 0.2) is 70.5 Å². The number of aryl methyl sites for hydroxylation is 1. The molecule has 1 aromatic heterocycles. The molecular formula is C23H18N2O3S2. The highest BCUT2D eigenvalue weighted by molar-refractivity contribution is 8.00. The number of allylic oxidation sites excluding steroid dienone is 1. The summed E-state index contributed by atoms with van der Waals surface area (Å²) < 4.78 is 0. The maximum Gasteiger partial charge on any atom is 0.305 e. The smallest absolute Gasteiger partial charge is 0.305 e. The van der Waals surface area contributed by atoms with Crippen molar-refractivity contribution in [2.24, 2.45) is 5.92 Å². The Morgan fingerprint density at radius 1 is 0.967 bits per heavy atom. The zero-order chi connectivity index (χ0) is 20.8. The van der Waals surface area contributed by atoms with Gasteiger partial charge in [-0.1, -0.05) is 83.3 Å². The molecule has 30 heavy (non-hydrogen) atoms. The molecule has 2 aliphatic heterocycles. The molecule has 0 aliphatic carbocycles. The Balaban J connectivity index is 1.57. The molecule has 0 saturated carbocycles. The fraction of sp³-hybridized carbons (Fsp3) is 0.174. The van der Waals surface area contributed by atoms with Crippen LogP contribution in [0.2, 0.25) is 0 Å². The number of fused-ring (bicyclic) bond motifs is 2. The van der Waals surface area contributed by atoms with Gasteiger partial charge in [0.1, 0.15) is 5.25 Å². The van der Waals surface area contributed by atoms with Crippen LogP contribution in [-0.2, 0) is 9.59 Å². The third-order valence-electron chi connectivity index (χ3n) is 5.46. The molecule has 1 saturated heterocycles. The number of imide groups is 1. The number of anilines is 1. The minimum atomic E-state index is -0.554. The minimum Gasteiger partial charge on any atom is -0.307 e. The largest absolute Gasteiger partial charge is 0.307 e. The maximum atomic E-state index is 13.4. The standard InChI is InChI=1S/C23H18N2O3S2/c1-13-7-10-15(11-8-13)25-21(26)17-16(12-9-14-5-3-2-4-6-14)18-20(24-23(28)30-18)29-19(17)22(25)27/h2-12,16-17,19H,1H3,(H,24,28)/b12-9+/t16-,17-,19-/m0/s1. The number of amides is 2. The van der Waals surface area contributed by atoms with Gasteiger partial charge in [0.25, 0.3) is 0 Å². The molecule has 2 aromatic carbocycles. The zero-order valence-electron chi connectivity index (χ0n) is 16.1. The number of aromatic nitrogens is 1. The van der Waals surface area contributed by atoms with E-state index in [0.29, 0.717) is 10.7 Å². The first-order valence-corrected chi connectivity index (χ1v) is 11.3. The summed E-state index contributed by atoms with van der Waals surface area (Å²) in [4.78, 5) is 43.5. The van der Waals surface area contributed by atoms with Crippen molar-refractivity contribution >= 4 is 46.7 Å². The molecule has 0 bridgehead atoms. The lowest BCUT2D eigenvalue weighted by Crippen LogP contribution is -2.31. The van der Waals surface area contributed by atoms with Crippen molar-refractivity contribution < 1.29 is 9.59 Å². The van der Waals surface area contributed by atoms with Gasteiger partial charge in [-0.3, -0.25) is 14.4 Å². The second-order valence-electron chi connectivity index (χ2n) is 7.42. The number of thiazole rings is 1. The number of carbonyl (C=O) groups excluding carboxylic acids is 2. The predicted octanol–water partition coefficient (Wildman–Crippen LogP) is 4.21. The summed E-state index contributed by atoms with van der Waals surface area (Å²) in [6, 6.07) is 17.2. The molecule has 5 nitrogen and oxygen atoms in total. The molecule has 5 rings (SSSR count). The van der Waals surface area contributed by atoms with E-state index < -0.39 is 11.2 Å². The predicted molar refractivity (Wildman–Crippen MR) is 120 cm³/mol. The van der Waals surface area contributed by atoms with E-state index in [1.54, 1.807) is 12.1 Å². The van der Waals surface area contributed by atoms with Crippen molar-refractivity contribution in [2.45, 2.75) is 23.1 Å². The Morgan fingerprint density at radius 3 is 2.43 bits per heavy atom. The lowest BCUT2D eigenvalue weighted by molar-refractivity contribution is -0.122. The van der Waals surface area contributed by atoms with Gasteiger partial charge in [-0.25, -0.2) is 4.90 Å². The average molecular weight is 435 g/mol. The zero-order valence-corrected chi connectivity index (χ0v) is 17.7. The van der Waals surface area contributed by atoms with Crippen molar-refractivity contribution in [3.05, 3.63) is 86.3 Å². The molecule has 1 fully saturated rings. The Bertz CT molecular complexity index is 1210. The van der Waals surface area contributed by atoms with Gasteiger partial charge in [0.05, 0.1) is 16.6 Å². The van der Waals surface area contributed by atoms with Gasteiger partial charge >= 0.3 is 4.87 Å². The first kappa shape index (κ1) is 19.1. The molecule has 3 aromatic rings. The quantitative estimate of drug-likeness (QED) is 0.627. The van der Waals surface area contributed by atoms with Crippen molar-refractivity contribution in [3.63, 3.8) is 0 Å². The summed E-state index contributed by atoms with van der Waals surface area (Å²) >= 11 is 2.42. The highest BCUT2D eigenvalue weighted by atomic mass is 32.2. The van der Waals surface area contributed by atoms with E-state index in [2.05, 4.69) is 4.98 Å². The van der Waals surface area contributed by atoms with Crippen LogP contribution in [0.25, 0.3) is 6.08 Å². The van der Waals surface area contributed by atoms with Crippen LogP contribution in [0.4, 0.5) is 5.69 Å². The SMILES string of the molecule is Cc1ccc(N2C(=O)[C@@H]3[C@H](Sc4[nH]c(=O)sc4[C@H]3/C=C/c3ccccc3)C2=O)cc1. The number of hydrogen-bond acceptors (Lipinski definition) is 5. The van der Waals surface area contributed by atoms with Gasteiger partial charge < -0.3 is 4.98 Å². The van der Waals surface area contributed by atoms with E-state index in [1.165, 1.54) is 16.7 Å². The van der Waals surface area contributed by atoms with Crippen molar-refractivity contribution in [1.29, 1.82) is 0 Å². The highest BCUT2D eigenvalue weighted by Crippen LogP contribution is 2.51. The molecule has 2 amide bonds. The first-order valence-electron chi connectivity index (χ1n) is 9.60. The third-order valence-corrected chi connectivity index (χ3v) is 7.88. The van der Waals surface area contributed by atoms with E-state index in [4.69, 9.17) is 0 Å². The summed E-state index contributed by atoms with van der Waals surface area (Å²) in [5.41, 5.74) is 2.66. The van der Waals surface area contributed by atoms with Crippen LogP contribution >= 0.6 is 23.1 Å². The molecular weight excluding hydrogens is 416 g/mol. The number of nitrogens with one attached hydrogen (secondary N) is 1. The molecule has 1 N–H and O–H groups in total. The number of hydrogen-bond donors (Lipinski definition) is 1. The first-order chi connectivity index (χ1) is 14.5. The van der Waals surface area contributed by atoms with Gasteiger partial charge in [-0.05, 0) is 24.6 Å². The van der Waals surface area contributed by atoms with E-state index >= 15 is 0 Å². The van der Waals surface area contributed by atoms with Gasteiger partial charge in [0.15, 0.2) is 0 Å². The number of aromatic amines is 1. The van der Waals surface area contributed by atoms with Crippen molar-refractivity contribution in [3.8, 4) is 0 Å². The molecule has 0 radical (unpaired) electrons. The van der Waals surface area contributed by atoms with Crippen LogP contribution in [0.3, 0.4) is 0 Å².